The van der Waals surface area contributed by atoms with Crippen LogP contribution in [0.5, 0.6) is 0 Å². The van der Waals surface area contributed by atoms with Crippen molar-refractivity contribution in [1.82, 2.24) is 9.97 Å². The maximum atomic E-state index is 12.5. The van der Waals surface area contributed by atoms with E-state index in [1.165, 1.54) is 7.11 Å². The molecule has 1 aromatic rings. The predicted octanol–water partition coefficient (Wildman–Crippen LogP) is 0.756. The Morgan fingerprint density at radius 2 is 2.16 bits per heavy atom. The van der Waals surface area contributed by atoms with Gasteiger partial charge in [0.05, 0.1) is 13.5 Å². The fourth-order valence-electron chi connectivity index (χ4n) is 1.14. The third-order valence-corrected chi connectivity index (χ3v) is 2.01. The summed E-state index contributed by atoms with van der Waals surface area (Å²) in [5.41, 5.74) is 0.794. The van der Waals surface area contributed by atoms with Crippen LogP contribution < -0.4 is 16.6 Å². The van der Waals surface area contributed by atoms with Gasteiger partial charge >= 0.3 is 12.1 Å². The van der Waals surface area contributed by atoms with E-state index >= 15 is 0 Å². The molecule has 0 saturated carbocycles. The number of esters is 1. The molecule has 19 heavy (non-hydrogen) atoms. The molecule has 0 atom stereocenters. The number of hydrazine groups is 1. The highest BCUT2D eigenvalue weighted by molar-refractivity contribution is 5.69. The molecule has 0 bridgehead atoms. The van der Waals surface area contributed by atoms with E-state index in [2.05, 4.69) is 20.0 Å². The first-order chi connectivity index (χ1) is 8.86. The van der Waals surface area contributed by atoms with Gasteiger partial charge in [-0.2, -0.15) is 18.2 Å². The fraction of sp³-hybridized carbons (Fsp3) is 0.444. The van der Waals surface area contributed by atoms with Gasteiger partial charge in [0.15, 0.2) is 5.69 Å². The fourth-order valence-corrected chi connectivity index (χ4v) is 1.14. The van der Waals surface area contributed by atoms with Gasteiger partial charge in [0.1, 0.15) is 5.82 Å². The Morgan fingerprint density at radius 1 is 1.47 bits per heavy atom. The highest BCUT2D eigenvalue weighted by atomic mass is 19.4. The second-order valence-electron chi connectivity index (χ2n) is 3.36. The quantitative estimate of drug-likeness (QED) is 0.415. The van der Waals surface area contributed by atoms with Crippen molar-refractivity contribution >= 4 is 17.7 Å². The number of nitrogen functional groups attached to an aromatic ring is 1. The maximum Gasteiger partial charge on any atom is 0.433 e. The van der Waals surface area contributed by atoms with Crippen LogP contribution in [-0.4, -0.2) is 29.6 Å². The number of nitrogens with zero attached hydrogens (tertiary/aromatic N) is 2. The number of anilines is 2. The molecular formula is C9H12F3N5O2. The molecule has 4 N–H and O–H groups in total. The molecule has 0 unspecified atom stereocenters. The number of rotatable bonds is 5. The van der Waals surface area contributed by atoms with Crippen LogP contribution in [0.4, 0.5) is 24.9 Å². The zero-order valence-electron chi connectivity index (χ0n) is 9.91. The van der Waals surface area contributed by atoms with Gasteiger partial charge in [-0.3, -0.25) is 10.2 Å². The van der Waals surface area contributed by atoms with Crippen LogP contribution in [0, 0.1) is 0 Å². The average molecular weight is 279 g/mol. The molecule has 106 valence electrons. The molecule has 0 fully saturated rings. The van der Waals surface area contributed by atoms with Crippen LogP contribution >= 0.6 is 0 Å². The minimum Gasteiger partial charge on any atom is -0.469 e. The van der Waals surface area contributed by atoms with Gasteiger partial charge < -0.3 is 10.1 Å². The molecule has 0 spiro atoms. The maximum absolute atomic E-state index is 12.5. The first-order valence-electron chi connectivity index (χ1n) is 5.10. The van der Waals surface area contributed by atoms with E-state index in [1.807, 2.05) is 5.43 Å². The molecule has 1 aromatic heterocycles. The topological polar surface area (TPSA) is 102 Å². The normalized spacial score (nSPS) is 11.0. The second kappa shape index (κ2) is 6.18. The average Bonchev–Trinajstić information content (AvgIpc) is 2.37. The number of alkyl halides is 3. The largest absolute Gasteiger partial charge is 0.469 e. The zero-order valence-corrected chi connectivity index (χ0v) is 9.91. The van der Waals surface area contributed by atoms with Crippen LogP contribution in [0.15, 0.2) is 6.07 Å². The molecule has 0 aliphatic carbocycles. The summed E-state index contributed by atoms with van der Waals surface area (Å²) < 4.78 is 42.0. The van der Waals surface area contributed by atoms with Gasteiger partial charge in [-0.15, -0.1) is 0 Å². The number of nitrogens with one attached hydrogen (secondary N) is 2. The minimum atomic E-state index is -4.62. The highest BCUT2D eigenvalue weighted by Crippen LogP contribution is 2.29. The molecule has 0 aliphatic rings. The van der Waals surface area contributed by atoms with Crippen molar-refractivity contribution < 1.29 is 22.7 Å². The number of nitrogens with two attached hydrogens (primary N) is 1. The standard InChI is InChI=1S/C9H12F3N5O2/c1-19-7(18)2-3-14-6-4-5(9(10,11)12)15-8(16-6)17-13/h4H,2-3,13H2,1H3,(H2,14,15,16,17). The predicted molar refractivity (Wildman–Crippen MR) is 60.0 cm³/mol. The van der Waals surface area contributed by atoms with Crippen molar-refractivity contribution in [3.8, 4) is 0 Å². The van der Waals surface area contributed by atoms with Crippen molar-refractivity contribution in [2.24, 2.45) is 5.84 Å². The second-order valence-corrected chi connectivity index (χ2v) is 3.36. The number of methoxy groups -OCH3 is 1. The summed E-state index contributed by atoms with van der Waals surface area (Å²) in [6, 6.07) is 0.720. The number of ether oxygens (including phenoxy) is 1. The Kier molecular flexibility index (Phi) is 4.87. The van der Waals surface area contributed by atoms with E-state index in [4.69, 9.17) is 5.84 Å². The number of carbonyl (C=O) groups excluding carboxylic acids is 1. The van der Waals surface area contributed by atoms with Crippen molar-refractivity contribution in [2.45, 2.75) is 12.6 Å². The summed E-state index contributed by atoms with van der Waals surface area (Å²) in [4.78, 5) is 17.7. The van der Waals surface area contributed by atoms with Crippen LogP contribution in [-0.2, 0) is 15.7 Å². The van der Waals surface area contributed by atoms with E-state index in [1.54, 1.807) is 0 Å². The lowest BCUT2D eigenvalue weighted by Crippen LogP contribution is -2.17. The van der Waals surface area contributed by atoms with E-state index in [-0.39, 0.29) is 24.7 Å². The number of carbonyl (C=O) groups is 1. The van der Waals surface area contributed by atoms with Crippen molar-refractivity contribution in [2.75, 3.05) is 24.4 Å². The van der Waals surface area contributed by atoms with E-state index in [0.717, 1.165) is 6.07 Å². The number of hydrogen-bond acceptors (Lipinski definition) is 7. The molecule has 1 rings (SSSR count). The Hall–Kier alpha value is -2.10. The third-order valence-electron chi connectivity index (χ3n) is 2.01. The lowest BCUT2D eigenvalue weighted by molar-refractivity contribution is -0.141. The number of hydrogen-bond donors (Lipinski definition) is 3. The Morgan fingerprint density at radius 3 is 2.68 bits per heavy atom. The zero-order chi connectivity index (χ0) is 14.5. The highest BCUT2D eigenvalue weighted by Gasteiger charge is 2.33. The Bertz CT molecular complexity index is 452. The monoisotopic (exact) mass is 279 g/mol. The van der Waals surface area contributed by atoms with Gasteiger partial charge in [0.25, 0.3) is 0 Å². The molecular weight excluding hydrogens is 267 g/mol. The van der Waals surface area contributed by atoms with Crippen LogP contribution in [0.1, 0.15) is 12.1 Å². The molecule has 0 aliphatic heterocycles. The first kappa shape index (κ1) is 15.0. The van der Waals surface area contributed by atoms with E-state index in [9.17, 15) is 18.0 Å². The molecule has 0 amide bonds. The van der Waals surface area contributed by atoms with E-state index in [0.29, 0.717) is 0 Å². The summed E-state index contributed by atoms with van der Waals surface area (Å²) in [7, 11) is 1.21. The van der Waals surface area contributed by atoms with Crippen molar-refractivity contribution in [1.29, 1.82) is 0 Å². The van der Waals surface area contributed by atoms with Crippen molar-refractivity contribution in [3.63, 3.8) is 0 Å². The van der Waals surface area contributed by atoms with E-state index < -0.39 is 17.8 Å². The molecule has 0 aromatic carbocycles. The third kappa shape index (κ3) is 4.58. The molecule has 10 heteroatoms. The summed E-state index contributed by atoms with van der Waals surface area (Å²) in [6.07, 6.45) is -4.62. The van der Waals surface area contributed by atoms with Gasteiger partial charge in [0, 0.05) is 12.6 Å². The summed E-state index contributed by atoms with van der Waals surface area (Å²) >= 11 is 0. The smallest absolute Gasteiger partial charge is 0.433 e. The molecule has 0 radical (unpaired) electrons. The summed E-state index contributed by atoms with van der Waals surface area (Å²) in [5, 5.41) is 2.55. The van der Waals surface area contributed by atoms with Gasteiger partial charge in [-0.05, 0) is 0 Å². The SMILES string of the molecule is COC(=O)CCNc1cc(C(F)(F)F)nc(NN)n1. The summed E-state index contributed by atoms with van der Waals surface area (Å²) in [6.45, 7) is 0.0744. The lowest BCUT2D eigenvalue weighted by atomic mass is 10.3. The van der Waals surface area contributed by atoms with Crippen LogP contribution in [0.25, 0.3) is 0 Å². The van der Waals surface area contributed by atoms with Gasteiger partial charge in [-0.25, -0.2) is 10.8 Å². The van der Waals surface area contributed by atoms with Crippen molar-refractivity contribution in [3.05, 3.63) is 11.8 Å². The summed E-state index contributed by atoms with van der Waals surface area (Å²) in [5.74, 6) is 4.02. The minimum absolute atomic E-state index is 0.00671. The number of halogens is 3. The first-order valence-corrected chi connectivity index (χ1v) is 5.10. The lowest BCUT2D eigenvalue weighted by Gasteiger charge is -2.11. The molecule has 0 saturated heterocycles. The van der Waals surface area contributed by atoms with Crippen LogP contribution in [0.3, 0.4) is 0 Å². The molecule has 1 heterocycles. The van der Waals surface area contributed by atoms with Gasteiger partial charge in [0.2, 0.25) is 5.95 Å². The number of aromatic nitrogens is 2. The Labute approximate surface area is 106 Å². The van der Waals surface area contributed by atoms with Crippen LogP contribution in [0.2, 0.25) is 0 Å². The van der Waals surface area contributed by atoms with Gasteiger partial charge in [-0.1, -0.05) is 0 Å². The molecule has 7 nitrogen and oxygen atoms in total. The Balaban J connectivity index is 2.80.